The van der Waals surface area contributed by atoms with Gasteiger partial charge in [0.05, 0.1) is 16.2 Å². The molecular formula is C11H9Br2F3N2O. The first-order valence-corrected chi connectivity index (χ1v) is 6.62. The van der Waals surface area contributed by atoms with Crippen molar-refractivity contribution in [3.05, 3.63) is 43.2 Å². The molecule has 0 aromatic carbocycles. The van der Waals surface area contributed by atoms with Gasteiger partial charge in [0.2, 0.25) is 0 Å². The summed E-state index contributed by atoms with van der Waals surface area (Å²) in [6.45, 7) is 2.66. The van der Waals surface area contributed by atoms with Crippen LogP contribution in [0.15, 0.2) is 37.7 Å². The second-order valence-electron chi connectivity index (χ2n) is 3.55. The number of hydrogen-bond acceptors (Lipinski definition) is 2. The smallest absolute Gasteiger partial charge is 0.266 e. The monoisotopic (exact) mass is 400 g/mol. The first-order valence-electron chi connectivity index (χ1n) is 5.04. The maximum Gasteiger partial charge on any atom is 0.416 e. The van der Waals surface area contributed by atoms with Gasteiger partial charge in [0.25, 0.3) is 5.56 Å². The maximum absolute atomic E-state index is 12.6. The summed E-state index contributed by atoms with van der Waals surface area (Å²) in [5.41, 5.74) is -1.30. The Hall–Kier alpha value is -0.890. The molecule has 0 aliphatic heterocycles. The van der Waals surface area contributed by atoms with Crippen LogP contribution in [0.5, 0.6) is 0 Å². The molecule has 0 aliphatic rings. The van der Waals surface area contributed by atoms with E-state index in [1.807, 2.05) is 0 Å². The van der Waals surface area contributed by atoms with Gasteiger partial charge in [-0.2, -0.15) is 18.3 Å². The number of alkyl halides is 3. The van der Waals surface area contributed by atoms with Gasteiger partial charge in [-0.25, -0.2) is 4.68 Å². The normalized spacial score (nSPS) is 13.8. The van der Waals surface area contributed by atoms with Gasteiger partial charge < -0.3 is 0 Å². The van der Waals surface area contributed by atoms with Crippen molar-refractivity contribution in [2.24, 2.45) is 0 Å². The average molecular weight is 402 g/mol. The highest BCUT2D eigenvalue weighted by Gasteiger charge is 2.31. The average Bonchev–Trinajstić information content (AvgIpc) is 2.31. The second kappa shape index (κ2) is 6.04. The molecular weight excluding hydrogens is 393 g/mol. The summed E-state index contributed by atoms with van der Waals surface area (Å²) in [5, 5.41) is 3.77. The number of hydrogen-bond donors (Lipinski definition) is 0. The van der Waals surface area contributed by atoms with Crippen LogP contribution in [0.4, 0.5) is 13.2 Å². The summed E-state index contributed by atoms with van der Waals surface area (Å²) < 4.78 is 39.3. The Morgan fingerprint density at radius 3 is 2.47 bits per heavy atom. The minimum absolute atomic E-state index is 0.0728. The van der Waals surface area contributed by atoms with Crippen LogP contribution in [0.2, 0.25) is 0 Å². The zero-order chi connectivity index (χ0) is 14.8. The first kappa shape index (κ1) is 16.2. The standard InChI is InChI=1S/C11H9Br2F3N2O/c1-3-7(11(14,15)16)4-6(2)18-10(19)9(13)8(12)5-17-18/h3-5H,1-2H3/b6-4+,7-3+. The van der Waals surface area contributed by atoms with E-state index in [9.17, 15) is 18.0 Å². The Labute approximate surface area is 124 Å². The number of nitrogens with zero attached hydrogens (tertiary/aromatic N) is 2. The van der Waals surface area contributed by atoms with Gasteiger partial charge in [-0.05, 0) is 51.8 Å². The minimum Gasteiger partial charge on any atom is -0.266 e. The molecule has 0 fully saturated rings. The molecule has 0 unspecified atom stereocenters. The summed E-state index contributed by atoms with van der Waals surface area (Å²) in [5.74, 6) is 0. The Morgan fingerprint density at radius 2 is 2.00 bits per heavy atom. The van der Waals surface area contributed by atoms with Crippen molar-refractivity contribution in [2.45, 2.75) is 20.0 Å². The number of aromatic nitrogens is 2. The predicted octanol–water partition coefficient (Wildman–Crippen LogP) is 4.14. The van der Waals surface area contributed by atoms with Crippen LogP contribution in [0.25, 0.3) is 5.70 Å². The lowest BCUT2D eigenvalue weighted by Crippen LogP contribution is -2.22. The van der Waals surface area contributed by atoms with Crippen LogP contribution in [0.3, 0.4) is 0 Å². The molecule has 0 saturated heterocycles. The Balaban J connectivity index is 3.33. The highest BCUT2D eigenvalue weighted by atomic mass is 79.9. The number of allylic oxidation sites excluding steroid dienone is 4. The zero-order valence-corrected chi connectivity index (χ0v) is 13.1. The summed E-state index contributed by atoms with van der Waals surface area (Å²) in [7, 11) is 0. The first-order chi connectivity index (χ1) is 8.68. The molecule has 0 atom stereocenters. The van der Waals surface area contributed by atoms with Crippen molar-refractivity contribution in [3.63, 3.8) is 0 Å². The molecule has 0 saturated carbocycles. The minimum atomic E-state index is -4.47. The largest absolute Gasteiger partial charge is 0.416 e. The van der Waals surface area contributed by atoms with Crippen molar-refractivity contribution in [1.29, 1.82) is 0 Å². The fourth-order valence-electron chi connectivity index (χ4n) is 1.28. The lowest BCUT2D eigenvalue weighted by Gasteiger charge is -2.10. The Bertz CT molecular complexity index is 603. The van der Waals surface area contributed by atoms with E-state index in [-0.39, 0.29) is 10.2 Å². The van der Waals surface area contributed by atoms with Gasteiger partial charge >= 0.3 is 6.18 Å². The van der Waals surface area contributed by atoms with Crippen molar-refractivity contribution in [1.82, 2.24) is 9.78 Å². The molecule has 0 amide bonds. The summed E-state index contributed by atoms with van der Waals surface area (Å²) in [4.78, 5) is 11.8. The van der Waals surface area contributed by atoms with Gasteiger partial charge in [-0.1, -0.05) is 6.08 Å². The molecule has 0 aliphatic carbocycles. The molecule has 1 aromatic rings. The molecule has 1 aromatic heterocycles. The van der Waals surface area contributed by atoms with E-state index >= 15 is 0 Å². The lowest BCUT2D eigenvalue weighted by atomic mass is 10.2. The van der Waals surface area contributed by atoms with Crippen LogP contribution < -0.4 is 5.56 Å². The van der Waals surface area contributed by atoms with E-state index < -0.39 is 17.3 Å². The van der Waals surface area contributed by atoms with E-state index in [0.29, 0.717) is 4.47 Å². The highest BCUT2D eigenvalue weighted by molar-refractivity contribution is 9.13. The van der Waals surface area contributed by atoms with E-state index in [2.05, 4.69) is 37.0 Å². The van der Waals surface area contributed by atoms with Crippen molar-refractivity contribution in [2.75, 3.05) is 0 Å². The molecule has 1 rings (SSSR count). The SMILES string of the molecule is C/C=C(\C=C(/C)n1ncc(Br)c(Br)c1=O)C(F)(F)F. The Kier molecular flexibility index (Phi) is 5.14. The predicted molar refractivity (Wildman–Crippen MR) is 73.7 cm³/mol. The van der Waals surface area contributed by atoms with Crippen molar-refractivity contribution < 1.29 is 13.2 Å². The highest BCUT2D eigenvalue weighted by Crippen LogP contribution is 2.27. The van der Waals surface area contributed by atoms with E-state index in [1.54, 1.807) is 0 Å². The van der Waals surface area contributed by atoms with Gasteiger partial charge in [0.1, 0.15) is 4.47 Å². The van der Waals surface area contributed by atoms with Gasteiger partial charge in [-0.3, -0.25) is 4.79 Å². The van der Waals surface area contributed by atoms with E-state index in [1.165, 1.54) is 20.0 Å². The Morgan fingerprint density at radius 1 is 1.42 bits per heavy atom. The molecule has 0 spiro atoms. The maximum atomic E-state index is 12.6. The van der Waals surface area contributed by atoms with Crippen LogP contribution >= 0.6 is 31.9 Å². The molecule has 8 heteroatoms. The fourth-order valence-corrected chi connectivity index (χ4v) is 1.81. The molecule has 0 bridgehead atoms. The molecule has 19 heavy (non-hydrogen) atoms. The van der Waals surface area contributed by atoms with Gasteiger partial charge in [0.15, 0.2) is 0 Å². The van der Waals surface area contributed by atoms with Crippen molar-refractivity contribution in [3.8, 4) is 0 Å². The fraction of sp³-hybridized carbons (Fsp3) is 0.273. The third-order valence-electron chi connectivity index (χ3n) is 2.21. The van der Waals surface area contributed by atoms with Gasteiger partial charge in [0, 0.05) is 5.70 Å². The zero-order valence-electron chi connectivity index (χ0n) is 9.92. The topological polar surface area (TPSA) is 34.9 Å². The molecule has 0 N–H and O–H groups in total. The third-order valence-corrected chi connectivity index (χ3v) is 4.11. The van der Waals surface area contributed by atoms with E-state index in [4.69, 9.17) is 0 Å². The second-order valence-corrected chi connectivity index (χ2v) is 5.20. The molecule has 1 heterocycles. The van der Waals surface area contributed by atoms with Crippen LogP contribution in [-0.2, 0) is 0 Å². The summed E-state index contributed by atoms with van der Waals surface area (Å²) in [6.07, 6.45) is -1.34. The molecule has 104 valence electrons. The van der Waals surface area contributed by atoms with Crippen LogP contribution in [0.1, 0.15) is 13.8 Å². The number of rotatable bonds is 2. The third kappa shape index (κ3) is 3.79. The summed E-state index contributed by atoms with van der Waals surface area (Å²) >= 11 is 6.13. The quantitative estimate of drug-likeness (QED) is 0.698. The lowest BCUT2D eigenvalue weighted by molar-refractivity contribution is -0.0883. The van der Waals surface area contributed by atoms with Gasteiger partial charge in [-0.15, -0.1) is 0 Å². The molecule has 3 nitrogen and oxygen atoms in total. The van der Waals surface area contributed by atoms with Crippen molar-refractivity contribution >= 4 is 37.6 Å². The van der Waals surface area contributed by atoms with Crippen LogP contribution in [-0.4, -0.2) is 16.0 Å². The van der Waals surface area contributed by atoms with E-state index in [0.717, 1.165) is 16.8 Å². The summed E-state index contributed by atoms with van der Waals surface area (Å²) in [6, 6.07) is 0. The molecule has 0 radical (unpaired) electrons. The van der Waals surface area contributed by atoms with Crippen LogP contribution in [0, 0.1) is 0 Å². The number of halogens is 5.